The van der Waals surface area contributed by atoms with Crippen LogP contribution in [0.2, 0.25) is 0 Å². The molecule has 96 valence electrons. The van der Waals surface area contributed by atoms with Gasteiger partial charge in [-0.15, -0.1) is 0 Å². The van der Waals surface area contributed by atoms with E-state index in [1.54, 1.807) is 0 Å². The molecule has 3 nitrogen and oxygen atoms in total. The molecule has 1 rings (SSSR count). The van der Waals surface area contributed by atoms with Crippen LogP contribution >= 0.6 is 0 Å². The molecule has 0 saturated heterocycles. The summed E-state index contributed by atoms with van der Waals surface area (Å²) in [6.07, 6.45) is 5.98. The summed E-state index contributed by atoms with van der Waals surface area (Å²) in [7, 11) is 0. The third-order valence-electron chi connectivity index (χ3n) is 2.69. The second kappa shape index (κ2) is 8.20. The van der Waals surface area contributed by atoms with Crippen LogP contribution < -0.4 is 5.32 Å². The van der Waals surface area contributed by atoms with Crippen LogP contribution in [0, 0.1) is 6.92 Å². The molecule has 0 aliphatic rings. The Balaban J connectivity index is 2.60. The second-order valence-electron chi connectivity index (χ2n) is 4.29. The minimum Gasteiger partial charge on any atom is -0.382 e. The van der Waals surface area contributed by atoms with Crippen LogP contribution in [0.25, 0.3) is 0 Å². The molecule has 0 aliphatic carbocycles. The van der Waals surface area contributed by atoms with E-state index >= 15 is 0 Å². The molecule has 0 saturated carbocycles. The summed E-state index contributed by atoms with van der Waals surface area (Å²) in [4.78, 5) is 4.26. The highest BCUT2D eigenvalue weighted by atomic mass is 16.5. The molecule has 1 atom stereocenters. The Morgan fingerprint density at radius 2 is 2.18 bits per heavy atom. The van der Waals surface area contributed by atoms with Crippen LogP contribution in [0.5, 0.6) is 0 Å². The Morgan fingerprint density at radius 3 is 2.82 bits per heavy atom. The largest absolute Gasteiger partial charge is 0.382 e. The molecule has 0 bridgehead atoms. The van der Waals surface area contributed by atoms with Crippen molar-refractivity contribution in [1.29, 1.82) is 0 Å². The lowest BCUT2D eigenvalue weighted by Crippen LogP contribution is -2.23. The molecule has 1 N–H and O–H groups in total. The summed E-state index contributed by atoms with van der Waals surface area (Å²) in [5.41, 5.74) is 2.47. The summed E-state index contributed by atoms with van der Waals surface area (Å²) in [6, 6.07) is 2.56. The Labute approximate surface area is 105 Å². The van der Waals surface area contributed by atoms with E-state index in [1.165, 1.54) is 11.1 Å². The molecule has 3 heteroatoms. The van der Waals surface area contributed by atoms with Gasteiger partial charge >= 0.3 is 0 Å². The first-order valence-corrected chi connectivity index (χ1v) is 6.50. The molecule has 1 aromatic heterocycles. The molecule has 1 unspecified atom stereocenters. The average Bonchev–Trinajstić information content (AvgIpc) is 2.33. The van der Waals surface area contributed by atoms with Crippen LogP contribution in [0.15, 0.2) is 18.5 Å². The van der Waals surface area contributed by atoms with Gasteiger partial charge in [-0.2, -0.15) is 0 Å². The fourth-order valence-electron chi connectivity index (χ4n) is 1.82. The highest BCUT2D eigenvalue weighted by Gasteiger charge is 2.10. The summed E-state index contributed by atoms with van der Waals surface area (Å²) >= 11 is 0. The lowest BCUT2D eigenvalue weighted by molar-refractivity contribution is 0.136. The molecule has 0 aliphatic heterocycles. The maximum Gasteiger partial charge on any atom is 0.0484 e. The normalized spacial score (nSPS) is 12.6. The quantitative estimate of drug-likeness (QED) is 0.705. The standard InChI is InChI=1S/C14H24N2O/c1-4-7-16-14(6-8-17-5-2)13-9-12(3)10-15-11-13/h9-11,14,16H,4-8H2,1-3H3. The molecule has 0 radical (unpaired) electrons. The molecule has 0 aromatic carbocycles. The maximum absolute atomic E-state index is 5.44. The van der Waals surface area contributed by atoms with Gasteiger partial charge in [0, 0.05) is 31.6 Å². The topological polar surface area (TPSA) is 34.1 Å². The smallest absolute Gasteiger partial charge is 0.0484 e. The minimum atomic E-state index is 0.355. The average molecular weight is 236 g/mol. The molecular formula is C14H24N2O. The van der Waals surface area contributed by atoms with Gasteiger partial charge in [-0.05, 0) is 44.4 Å². The first kappa shape index (κ1) is 14.1. The van der Waals surface area contributed by atoms with Crippen molar-refractivity contribution < 1.29 is 4.74 Å². The predicted octanol–water partition coefficient (Wildman–Crippen LogP) is 2.86. The number of ether oxygens (including phenoxy) is 1. The number of hydrogen-bond acceptors (Lipinski definition) is 3. The number of pyridine rings is 1. The third kappa shape index (κ3) is 5.29. The van der Waals surface area contributed by atoms with E-state index in [0.29, 0.717) is 6.04 Å². The summed E-state index contributed by atoms with van der Waals surface area (Å²) < 4.78 is 5.44. The lowest BCUT2D eigenvalue weighted by atomic mass is 10.0. The summed E-state index contributed by atoms with van der Waals surface area (Å²) in [6.45, 7) is 8.91. The third-order valence-corrected chi connectivity index (χ3v) is 2.69. The monoisotopic (exact) mass is 236 g/mol. The van der Waals surface area contributed by atoms with Crippen molar-refractivity contribution in [3.8, 4) is 0 Å². The fraction of sp³-hybridized carbons (Fsp3) is 0.643. The zero-order valence-electron chi connectivity index (χ0n) is 11.2. The first-order valence-electron chi connectivity index (χ1n) is 6.50. The second-order valence-corrected chi connectivity index (χ2v) is 4.29. The highest BCUT2D eigenvalue weighted by molar-refractivity contribution is 5.20. The van der Waals surface area contributed by atoms with Gasteiger partial charge in [-0.1, -0.05) is 13.0 Å². The number of aryl methyl sites for hydroxylation is 1. The SMILES string of the molecule is CCCNC(CCOCC)c1cncc(C)c1. The van der Waals surface area contributed by atoms with Crippen molar-refractivity contribution in [1.82, 2.24) is 10.3 Å². The van der Waals surface area contributed by atoms with E-state index in [2.05, 4.69) is 30.2 Å². The number of nitrogens with one attached hydrogen (secondary N) is 1. The minimum absolute atomic E-state index is 0.355. The van der Waals surface area contributed by atoms with Crippen molar-refractivity contribution in [2.24, 2.45) is 0 Å². The highest BCUT2D eigenvalue weighted by Crippen LogP contribution is 2.17. The van der Waals surface area contributed by atoms with E-state index in [-0.39, 0.29) is 0 Å². The van der Waals surface area contributed by atoms with Crippen LogP contribution in [-0.2, 0) is 4.74 Å². The molecule has 1 heterocycles. The van der Waals surface area contributed by atoms with Crippen molar-refractivity contribution in [3.63, 3.8) is 0 Å². The van der Waals surface area contributed by atoms with E-state index in [0.717, 1.165) is 32.6 Å². The van der Waals surface area contributed by atoms with Crippen LogP contribution in [0.3, 0.4) is 0 Å². The molecule has 0 fully saturated rings. The maximum atomic E-state index is 5.44. The van der Waals surface area contributed by atoms with E-state index in [1.807, 2.05) is 19.3 Å². The molecular weight excluding hydrogens is 212 g/mol. The van der Waals surface area contributed by atoms with Crippen molar-refractivity contribution in [3.05, 3.63) is 29.6 Å². The van der Waals surface area contributed by atoms with Gasteiger partial charge in [0.1, 0.15) is 0 Å². The van der Waals surface area contributed by atoms with Crippen LogP contribution in [-0.4, -0.2) is 24.7 Å². The van der Waals surface area contributed by atoms with Crippen LogP contribution in [0.4, 0.5) is 0 Å². The summed E-state index contributed by atoms with van der Waals surface area (Å²) in [5, 5.41) is 3.55. The molecule has 17 heavy (non-hydrogen) atoms. The molecule has 0 amide bonds. The van der Waals surface area contributed by atoms with E-state index in [9.17, 15) is 0 Å². The van der Waals surface area contributed by atoms with Crippen molar-refractivity contribution >= 4 is 0 Å². The Hall–Kier alpha value is -0.930. The molecule has 0 spiro atoms. The fourth-order valence-corrected chi connectivity index (χ4v) is 1.82. The van der Waals surface area contributed by atoms with E-state index in [4.69, 9.17) is 4.74 Å². The Morgan fingerprint density at radius 1 is 1.35 bits per heavy atom. The van der Waals surface area contributed by atoms with Gasteiger partial charge in [0.2, 0.25) is 0 Å². The molecule has 1 aromatic rings. The number of hydrogen-bond donors (Lipinski definition) is 1. The van der Waals surface area contributed by atoms with Crippen molar-refractivity contribution in [2.45, 2.75) is 39.7 Å². The lowest BCUT2D eigenvalue weighted by Gasteiger charge is -2.19. The Bertz CT molecular complexity index is 315. The number of nitrogens with zero attached hydrogens (tertiary/aromatic N) is 1. The zero-order chi connectivity index (χ0) is 12.5. The number of rotatable bonds is 8. The Kier molecular flexibility index (Phi) is 6.82. The predicted molar refractivity (Wildman–Crippen MR) is 71.1 cm³/mol. The van der Waals surface area contributed by atoms with Gasteiger partial charge in [-0.25, -0.2) is 0 Å². The van der Waals surface area contributed by atoms with Crippen LogP contribution in [0.1, 0.15) is 43.9 Å². The zero-order valence-corrected chi connectivity index (χ0v) is 11.2. The number of aromatic nitrogens is 1. The van der Waals surface area contributed by atoms with Gasteiger partial charge in [0.15, 0.2) is 0 Å². The first-order chi connectivity index (χ1) is 8.27. The van der Waals surface area contributed by atoms with Gasteiger partial charge in [0.25, 0.3) is 0 Å². The van der Waals surface area contributed by atoms with E-state index < -0.39 is 0 Å². The van der Waals surface area contributed by atoms with Crippen molar-refractivity contribution in [2.75, 3.05) is 19.8 Å². The van der Waals surface area contributed by atoms with Gasteiger partial charge in [0.05, 0.1) is 0 Å². The van der Waals surface area contributed by atoms with Gasteiger partial charge < -0.3 is 10.1 Å². The summed E-state index contributed by atoms with van der Waals surface area (Å²) in [5.74, 6) is 0. The van der Waals surface area contributed by atoms with Gasteiger partial charge in [-0.3, -0.25) is 4.98 Å².